The van der Waals surface area contributed by atoms with Crippen LogP contribution in [0.2, 0.25) is 0 Å². The van der Waals surface area contributed by atoms with Gasteiger partial charge < -0.3 is 10.5 Å². The number of amides is 1. The molecule has 0 saturated heterocycles. The van der Waals surface area contributed by atoms with E-state index in [-0.39, 0.29) is 5.56 Å². The van der Waals surface area contributed by atoms with Crippen LogP contribution in [0.3, 0.4) is 0 Å². The van der Waals surface area contributed by atoms with Gasteiger partial charge in [0.15, 0.2) is 0 Å². The number of hydrogen-bond donors (Lipinski definition) is 1. The zero-order chi connectivity index (χ0) is 16.2. The first kappa shape index (κ1) is 14.9. The third kappa shape index (κ3) is 3.24. The molecule has 7 heteroatoms. The highest BCUT2D eigenvalue weighted by Crippen LogP contribution is 2.38. The maximum absolute atomic E-state index is 12.1. The number of nitrogens with two attached hydrogens (primary N) is 1. The maximum atomic E-state index is 12.1. The number of nitrogens with zero attached hydrogens (tertiary/aromatic N) is 2. The molecule has 0 unspecified atom stereocenters. The Morgan fingerprint density at radius 3 is 2.09 bits per heavy atom. The van der Waals surface area contributed by atoms with Gasteiger partial charge in [0.2, 0.25) is 0 Å². The van der Waals surface area contributed by atoms with Gasteiger partial charge in [-0.05, 0) is 41.5 Å². The van der Waals surface area contributed by atoms with Gasteiger partial charge >= 0.3 is 12.1 Å². The predicted octanol–water partition coefficient (Wildman–Crippen LogP) is 3.11. The molecule has 0 bridgehead atoms. The number of esters is 1. The van der Waals surface area contributed by atoms with E-state index in [9.17, 15) is 9.59 Å². The van der Waals surface area contributed by atoms with Crippen LogP contribution in [0.1, 0.15) is 10.4 Å². The number of aromatic nitrogens is 2. The van der Waals surface area contributed by atoms with E-state index in [4.69, 9.17) is 5.73 Å². The molecule has 3 aromatic rings. The molecule has 0 aliphatic rings. The summed E-state index contributed by atoms with van der Waals surface area (Å²) < 4.78 is 4.53. The van der Waals surface area contributed by atoms with Gasteiger partial charge in [-0.2, -0.15) is 0 Å². The Hall–Kier alpha value is -3.06. The van der Waals surface area contributed by atoms with Crippen molar-refractivity contribution in [2.24, 2.45) is 5.73 Å². The third-order valence-electron chi connectivity index (χ3n) is 3.05. The van der Waals surface area contributed by atoms with E-state index in [1.54, 1.807) is 43.0 Å². The molecule has 114 valence electrons. The number of pyridine rings is 2. The molecule has 2 N–H and O–H groups in total. The Morgan fingerprint density at radius 2 is 1.52 bits per heavy atom. The summed E-state index contributed by atoms with van der Waals surface area (Å²) in [5.41, 5.74) is 6.95. The van der Waals surface area contributed by atoms with Crippen molar-refractivity contribution < 1.29 is 14.3 Å². The first-order chi connectivity index (χ1) is 11.1. The molecule has 1 amide bonds. The Labute approximate surface area is 135 Å². The monoisotopic (exact) mass is 325 g/mol. The lowest BCUT2D eigenvalue weighted by Crippen LogP contribution is -2.18. The van der Waals surface area contributed by atoms with Gasteiger partial charge in [-0.1, -0.05) is 0 Å². The minimum Gasteiger partial charge on any atom is -0.373 e. The number of rotatable bonds is 3. The van der Waals surface area contributed by atoms with Crippen molar-refractivity contribution in [2.75, 3.05) is 0 Å². The Kier molecular flexibility index (Phi) is 4.11. The molecule has 0 fully saturated rings. The number of primary amides is 1. The van der Waals surface area contributed by atoms with Crippen LogP contribution in [0, 0.1) is 0 Å². The van der Waals surface area contributed by atoms with E-state index < -0.39 is 12.1 Å². The van der Waals surface area contributed by atoms with Gasteiger partial charge in [-0.3, -0.25) is 9.97 Å². The van der Waals surface area contributed by atoms with Crippen LogP contribution in [0.5, 0.6) is 0 Å². The first-order valence-corrected chi connectivity index (χ1v) is 7.43. The minimum atomic E-state index is -1.13. The second-order valence-electron chi connectivity index (χ2n) is 4.53. The van der Waals surface area contributed by atoms with Gasteiger partial charge in [-0.15, -0.1) is 11.3 Å². The van der Waals surface area contributed by atoms with Crippen molar-refractivity contribution in [1.29, 1.82) is 0 Å². The molecular formula is C16H11N3O3S. The smallest absolute Gasteiger partial charge is 0.373 e. The molecule has 0 saturated carbocycles. The van der Waals surface area contributed by atoms with Crippen LogP contribution in [0.15, 0.2) is 55.1 Å². The molecule has 0 radical (unpaired) electrons. The summed E-state index contributed by atoms with van der Waals surface area (Å²) in [5.74, 6) is -0.777. The molecule has 6 nitrogen and oxygen atoms in total. The van der Waals surface area contributed by atoms with Crippen LogP contribution in [-0.4, -0.2) is 22.0 Å². The van der Waals surface area contributed by atoms with Gasteiger partial charge in [0.1, 0.15) is 0 Å². The van der Waals surface area contributed by atoms with Crippen LogP contribution in [0.25, 0.3) is 20.9 Å². The van der Waals surface area contributed by atoms with E-state index in [1.165, 1.54) is 11.3 Å². The average molecular weight is 325 g/mol. The SMILES string of the molecule is NC(=O)OC(=O)c1cc(-c2ccncc2)sc1-c1ccncc1. The second kappa shape index (κ2) is 6.37. The summed E-state index contributed by atoms with van der Waals surface area (Å²) in [6, 6.07) is 8.92. The Morgan fingerprint density at radius 1 is 0.957 bits per heavy atom. The summed E-state index contributed by atoms with van der Waals surface area (Å²) in [7, 11) is 0. The van der Waals surface area contributed by atoms with Gasteiger partial charge in [-0.25, -0.2) is 9.59 Å². The predicted molar refractivity (Wildman–Crippen MR) is 85.8 cm³/mol. The molecular weight excluding hydrogens is 314 g/mol. The zero-order valence-corrected chi connectivity index (χ0v) is 12.6. The summed E-state index contributed by atoms with van der Waals surface area (Å²) in [4.78, 5) is 32.5. The van der Waals surface area contributed by atoms with Gasteiger partial charge in [0.25, 0.3) is 0 Å². The van der Waals surface area contributed by atoms with Crippen LogP contribution in [0.4, 0.5) is 4.79 Å². The lowest BCUT2D eigenvalue weighted by Gasteiger charge is -2.01. The molecule has 0 aromatic carbocycles. The third-order valence-corrected chi connectivity index (χ3v) is 4.29. The summed E-state index contributed by atoms with van der Waals surface area (Å²) >= 11 is 1.41. The molecule has 3 heterocycles. The average Bonchev–Trinajstić information content (AvgIpc) is 3.01. The van der Waals surface area contributed by atoms with Crippen LogP contribution >= 0.6 is 11.3 Å². The van der Waals surface area contributed by atoms with E-state index in [2.05, 4.69) is 14.7 Å². The Bertz CT molecular complexity index is 848. The number of ether oxygens (including phenoxy) is 1. The highest BCUT2D eigenvalue weighted by molar-refractivity contribution is 7.19. The fraction of sp³-hybridized carbons (Fsp3) is 0. The molecule has 0 aliphatic heterocycles. The van der Waals surface area contributed by atoms with Crippen LogP contribution < -0.4 is 5.73 Å². The summed E-state index contributed by atoms with van der Waals surface area (Å²) in [5, 5.41) is 0. The fourth-order valence-electron chi connectivity index (χ4n) is 2.07. The van der Waals surface area contributed by atoms with Crippen molar-refractivity contribution in [2.45, 2.75) is 0 Å². The highest BCUT2D eigenvalue weighted by Gasteiger charge is 2.21. The fourth-order valence-corrected chi connectivity index (χ4v) is 3.22. The molecule has 0 spiro atoms. The molecule has 0 atom stereocenters. The number of carbonyl (C=O) groups is 2. The largest absolute Gasteiger partial charge is 0.412 e. The molecule has 23 heavy (non-hydrogen) atoms. The summed E-state index contributed by atoms with van der Waals surface area (Å²) in [6.45, 7) is 0. The van der Waals surface area contributed by atoms with Crippen molar-refractivity contribution in [3.63, 3.8) is 0 Å². The molecule has 3 rings (SSSR count). The second-order valence-corrected chi connectivity index (χ2v) is 5.59. The number of thiophene rings is 1. The maximum Gasteiger partial charge on any atom is 0.412 e. The van der Waals surface area contributed by atoms with Gasteiger partial charge in [0.05, 0.1) is 5.56 Å². The number of hydrogen-bond acceptors (Lipinski definition) is 6. The standard InChI is InChI=1S/C16H11N3O3S/c17-16(21)22-15(20)12-9-13(10-1-5-18-6-2-10)23-14(12)11-3-7-19-8-4-11/h1-9H,(H2,17,21). The normalized spacial score (nSPS) is 10.3. The Balaban J connectivity index is 2.11. The highest BCUT2D eigenvalue weighted by atomic mass is 32.1. The topological polar surface area (TPSA) is 95.2 Å². The van der Waals surface area contributed by atoms with Crippen molar-refractivity contribution in [3.8, 4) is 20.9 Å². The van der Waals surface area contributed by atoms with E-state index in [0.717, 1.165) is 16.0 Å². The first-order valence-electron chi connectivity index (χ1n) is 6.61. The van der Waals surface area contributed by atoms with E-state index in [0.29, 0.717) is 4.88 Å². The van der Waals surface area contributed by atoms with Gasteiger partial charge in [0, 0.05) is 34.5 Å². The lowest BCUT2D eigenvalue weighted by molar-refractivity contribution is 0.0639. The summed E-state index contributed by atoms with van der Waals surface area (Å²) in [6.07, 6.45) is 5.46. The van der Waals surface area contributed by atoms with Crippen molar-refractivity contribution in [3.05, 3.63) is 60.7 Å². The van der Waals surface area contributed by atoms with Crippen molar-refractivity contribution >= 4 is 23.4 Å². The number of carbonyl (C=O) groups excluding carboxylic acids is 2. The minimum absolute atomic E-state index is 0.284. The lowest BCUT2D eigenvalue weighted by atomic mass is 10.1. The molecule has 0 aliphatic carbocycles. The zero-order valence-electron chi connectivity index (χ0n) is 11.8. The van der Waals surface area contributed by atoms with Crippen LogP contribution in [-0.2, 0) is 4.74 Å². The van der Waals surface area contributed by atoms with E-state index in [1.807, 2.05) is 12.1 Å². The van der Waals surface area contributed by atoms with E-state index >= 15 is 0 Å². The van der Waals surface area contributed by atoms with Crippen molar-refractivity contribution in [1.82, 2.24) is 9.97 Å². The molecule has 3 aromatic heterocycles. The quantitative estimate of drug-likeness (QED) is 0.589.